The van der Waals surface area contributed by atoms with Crippen LogP contribution in [0.2, 0.25) is 5.02 Å². The van der Waals surface area contributed by atoms with Gasteiger partial charge in [0.25, 0.3) is 0 Å². The lowest BCUT2D eigenvalue weighted by Gasteiger charge is -2.02. The molecular formula is C14H13ClN2O. The lowest BCUT2D eigenvalue weighted by molar-refractivity contribution is 0.475. The zero-order valence-corrected chi connectivity index (χ0v) is 10.6. The quantitative estimate of drug-likeness (QED) is 0.639. The van der Waals surface area contributed by atoms with E-state index in [1.165, 1.54) is 0 Å². The minimum atomic E-state index is 0.0371. The molecular weight excluding hydrogens is 248 g/mol. The number of aromatic hydroxyl groups is 1. The summed E-state index contributed by atoms with van der Waals surface area (Å²) >= 11 is 5.81. The maximum Gasteiger partial charge on any atom is 0.142 e. The molecule has 18 heavy (non-hydrogen) atoms. The topological polar surface area (TPSA) is 58.6 Å². The molecule has 3 nitrogen and oxygen atoms in total. The van der Waals surface area contributed by atoms with Gasteiger partial charge in [0.15, 0.2) is 0 Å². The predicted octanol–water partition coefficient (Wildman–Crippen LogP) is 3.69. The van der Waals surface area contributed by atoms with Crippen LogP contribution in [0.5, 0.6) is 5.75 Å². The first-order chi connectivity index (χ1) is 8.58. The molecule has 0 aliphatic heterocycles. The van der Waals surface area contributed by atoms with Crippen LogP contribution in [0.4, 0.5) is 11.4 Å². The number of nitrogens with two attached hydrogens (primary N) is 1. The molecule has 0 heterocycles. The molecule has 4 heteroatoms. The summed E-state index contributed by atoms with van der Waals surface area (Å²) < 4.78 is 0. The highest BCUT2D eigenvalue weighted by atomic mass is 35.5. The summed E-state index contributed by atoms with van der Waals surface area (Å²) in [6.45, 7) is 1.92. The van der Waals surface area contributed by atoms with E-state index in [1.54, 1.807) is 30.5 Å². The second kappa shape index (κ2) is 5.10. The molecule has 0 aliphatic rings. The number of nitrogens with zero attached hydrogens (tertiary/aromatic N) is 1. The van der Waals surface area contributed by atoms with Crippen LogP contribution in [0.15, 0.2) is 41.4 Å². The van der Waals surface area contributed by atoms with Crippen molar-refractivity contribution in [1.82, 2.24) is 0 Å². The van der Waals surface area contributed by atoms with Gasteiger partial charge in [0, 0.05) is 17.5 Å². The monoisotopic (exact) mass is 260 g/mol. The molecule has 3 N–H and O–H groups in total. The summed E-state index contributed by atoms with van der Waals surface area (Å²) in [6.07, 6.45) is 1.58. The molecule has 2 rings (SSSR count). The van der Waals surface area contributed by atoms with E-state index in [9.17, 15) is 5.11 Å². The zero-order valence-electron chi connectivity index (χ0n) is 9.89. The van der Waals surface area contributed by atoms with Gasteiger partial charge in [-0.1, -0.05) is 17.7 Å². The van der Waals surface area contributed by atoms with Crippen LogP contribution in [0.3, 0.4) is 0 Å². The number of benzene rings is 2. The van der Waals surface area contributed by atoms with E-state index in [0.29, 0.717) is 10.6 Å². The number of para-hydroxylation sites is 1. The number of hydrogen-bond acceptors (Lipinski definition) is 3. The molecule has 0 unspecified atom stereocenters. The van der Waals surface area contributed by atoms with Crippen molar-refractivity contribution >= 4 is 29.2 Å². The Bertz CT molecular complexity index is 609. The highest BCUT2D eigenvalue weighted by Crippen LogP contribution is 2.26. The summed E-state index contributed by atoms with van der Waals surface area (Å²) in [7, 11) is 0. The summed E-state index contributed by atoms with van der Waals surface area (Å²) in [5.41, 5.74) is 8.80. The lowest BCUT2D eigenvalue weighted by atomic mass is 10.2. The number of phenols is 1. The maximum atomic E-state index is 9.73. The van der Waals surface area contributed by atoms with E-state index in [1.807, 2.05) is 19.1 Å². The van der Waals surface area contributed by atoms with Crippen LogP contribution in [0.25, 0.3) is 0 Å². The van der Waals surface area contributed by atoms with E-state index < -0.39 is 0 Å². The first-order valence-electron chi connectivity index (χ1n) is 5.45. The number of halogens is 1. The fourth-order valence-corrected chi connectivity index (χ4v) is 1.70. The van der Waals surface area contributed by atoms with Gasteiger partial charge in [-0.3, -0.25) is 4.99 Å². The first-order valence-corrected chi connectivity index (χ1v) is 5.83. The van der Waals surface area contributed by atoms with Crippen molar-refractivity contribution in [3.63, 3.8) is 0 Å². The Hall–Kier alpha value is -2.00. The molecule has 0 spiro atoms. The van der Waals surface area contributed by atoms with Gasteiger partial charge in [0.2, 0.25) is 0 Å². The van der Waals surface area contributed by atoms with E-state index in [2.05, 4.69) is 4.99 Å². The second-order valence-corrected chi connectivity index (χ2v) is 4.38. The number of aryl methyl sites for hydroxylation is 1. The Kier molecular flexibility index (Phi) is 3.53. The highest BCUT2D eigenvalue weighted by molar-refractivity contribution is 6.32. The van der Waals surface area contributed by atoms with Crippen LogP contribution in [-0.4, -0.2) is 11.3 Å². The van der Waals surface area contributed by atoms with Crippen LogP contribution >= 0.6 is 11.6 Å². The van der Waals surface area contributed by atoms with Crippen LogP contribution in [0, 0.1) is 6.92 Å². The Balaban J connectivity index is 2.30. The standard InChI is InChI=1S/C14H13ClN2O/c1-9-7-11(5-6-13(9)16)17-8-10-3-2-4-12(15)14(10)18/h2-8,18H,16H2,1H3. The largest absolute Gasteiger partial charge is 0.506 e. The van der Waals surface area contributed by atoms with Gasteiger partial charge in [0.1, 0.15) is 5.75 Å². The smallest absolute Gasteiger partial charge is 0.142 e. The van der Waals surface area contributed by atoms with Crippen LogP contribution in [0.1, 0.15) is 11.1 Å². The maximum absolute atomic E-state index is 9.73. The fourth-order valence-electron chi connectivity index (χ4n) is 1.52. The fraction of sp³-hybridized carbons (Fsp3) is 0.0714. The SMILES string of the molecule is Cc1cc(N=Cc2cccc(Cl)c2O)ccc1N. The summed E-state index contributed by atoms with van der Waals surface area (Å²) in [4.78, 5) is 4.28. The van der Waals surface area contributed by atoms with Gasteiger partial charge in [-0.2, -0.15) is 0 Å². The molecule has 0 saturated heterocycles. The first kappa shape index (κ1) is 12.5. The summed E-state index contributed by atoms with van der Waals surface area (Å²) in [6, 6.07) is 10.6. The van der Waals surface area contributed by atoms with Crippen molar-refractivity contribution < 1.29 is 5.11 Å². The predicted molar refractivity (Wildman–Crippen MR) is 76.0 cm³/mol. The molecule has 0 atom stereocenters. The molecule has 0 amide bonds. The molecule has 0 bridgehead atoms. The van der Waals surface area contributed by atoms with E-state index in [-0.39, 0.29) is 5.75 Å². The van der Waals surface area contributed by atoms with Gasteiger partial charge in [-0.25, -0.2) is 0 Å². The number of aliphatic imine (C=N–C) groups is 1. The third-order valence-corrected chi connectivity index (χ3v) is 2.93. The van der Waals surface area contributed by atoms with Crippen molar-refractivity contribution in [2.24, 2.45) is 4.99 Å². The zero-order chi connectivity index (χ0) is 13.1. The van der Waals surface area contributed by atoms with E-state index in [0.717, 1.165) is 16.9 Å². The minimum Gasteiger partial charge on any atom is -0.506 e. The average molecular weight is 261 g/mol. The highest BCUT2D eigenvalue weighted by Gasteiger charge is 2.02. The van der Waals surface area contributed by atoms with Crippen LogP contribution in [-0.2, 0) is 0 Å². The van der Waals surface area contributed by atoms with Crippen molar-refractivity contribution in [2.45, 2.75) is 6.92 Å². The van der Waals surface area contributed by atoms with Crippen molar-refractivity contribution in [3.05, 3.63) is 52.5 Å². The molecule has 0 saturated carbocycles. The van der Waals surface area contributed by atoms with Gasteiger partial charge >= 0.3 is 0 Å². The molecule has 0 fully saturated rings. The third kappa shape index (κ3) is 2.63. The summed E-state index contributed by atoms with van der Waals surface area (Å²) in [5, 5.41) is 10.0. The van der Waals surface area contributed by atoms with Gasteiger partial charge in [0.05, 0.1) is 10.7 Å². The van der Waals surface area contributed by atoms with Crippen molar-refractivity contribution in [2.75, 3.05) is 5.73 Å². The summed E-state index contributed by atoms with van der Waals surface area (Å²) in [5.74, 6) is 0.0371. The molecule has 2 aromatic rings. The number of hydrogen-bond donors (Lipinski definition) is 2. The van der Waals surface area contributed by atoms with Crippen molar-refractivity contribution in [1.29, 1.82) is 0 Å². The second-order valence-electron chi connectivity index (χ2n) is 3.98. The van der Waals surface area contributed by atoms with E-state index >= 15 is 0 Å². The van der Waals surface area contributed by atoms with Crippen molar-refractivity contribution in [3.8, 4) is 5.75 Å². The number of phenolic OH excluding ortho intramolecular Hbond substituents is 1. The Labute approximate surface area is 111 Å². The van der Waals surface area contributed by atoms with Crippen LogP contribution < -0.4 is 5.73 Å². The van der Waals surface area contributed by atoms with Gasteiger partial charge in [-0.05, 0) is 42.8 Å². The number of nitrogen functional groups attached to an aromatic ring is 1. The third-order valence-electron chi connectivity index (χ3n) is 2.62. The normalized spacial score (nSPS) is 11.0. The molecule has 0 aromatic heterocycles. The molecule has 0 radical (unpaired) electrons. The average Bonchev–Trinajstić information content (AvgIpc) is 2.35. The molecule has 92 valence electrons. The Morgan fingerprint density at radius 1 is 1.28 bits per heavy atom. The molecule has 0 aliphatic carbocycles. The van der Waals surface area contributed by atoms with Gasteiger partial charge in [-0.15, -0.1) is 0 Å². The number of rotatable bonds is 2. The van der Waals surface area contributed by atoms with Gasteiger partial charge < -0.3 is 10.8 Å². The number of anilines is 1. The molecule has 2 aromatic carbocycles. The Morgan fingerprint density at radius 3 is 2.78 bits per heavy atom. The lowest BCUT2D eigenvalue weighted by Crippen LogP contribution is -1.88. The Morgan fingerprint density at radius 2 is 2.06 bits per heavy atom. The van der Waals surface area contributed by atoms with E-state index in [4.69, 9.17) is 17.3 Å². The minimum absolute atomic E-state index is 0.0371.